The Labute approximate surface area is 178 Å². The van der Waals surface area contributed by atoms with Gasteiger partial charge in [-0.2, -0.15) is 0 Å². The highest BCUT2D eigenvalue weighted by Gasteiger charge is 2.18. The van der Waals surface area contributed by atoms with Gasteiger partial charge >= 0.3 is 0 Å². The number of carbonyl (C=O) groups is 1. The van der Waals surface area contributed by atoms with E-state index >= 15 is 0 Å². The molecule has 1 amide bonds. The summed E-state index contributed by atoms with van der Waals surface area (Å²) < 4.78 is 2.76. The molecule has 0 unspecified atom stereocenters. The van der Waals surface area contributed by atoms with Crippen LogP contribution in [0.5, 0.6) is 0 Å². The van der Waals surface area contributed by atoms with Crippen LogP contribution in [0.3, 0.4) is 0 Å². The van der Waals surface area contributed by atoms with Gasteiger partial charge in [0.05, 0.1) is 22.3 Å². The van der Waals surface area contributed by atoms with Crippen LogP contribution in [0, 0.1) is 20.8 Å². The normalized spacial score (nSPS) is 11.0. The third-order valence-electron chi connectivity index (χ3n) is 4.44. The molecule has 148 valence electrons. The lowest BCUT2D eigenvalue weighted by Gasteiger charge is -2.20. The molecule has 0 fully saturated rings. The van der Waals surface area contributed by atoms with Crippen molar-refractivity contribution in [1.29, 1.82) is 0 Å². The van der Waals surface area contributed by atoms with Gasteiger partial charge in [0.1, 0.15) is 5.82 Å². The number of thiophene rings is 1. The smallest absolute Gasteiger partial charge is 0.233 e. The average Bonchev–Trinajstić information content (AvgIpc) is 3.25. The van der Waals surface area contributed by atoms with E-state index in [1.807, 2.05) is 35.4 Å². The first kappa shape index (κ1) is 20.9. The van der Waals surface area contributed by atoms with Crippen molar-refractivity contribution in [2.45, 2.75) is 39.4 Å². The van der Waals surface area contributed by atoms with Crippen molar-refractivity contribution >= 4 is 40.6 Å². The van der Waals surface area contributed by atoms with Gasteiger partial charge in [-0.25, -0.2) is 0 Å². The molecule has 2 heterocycles. The van der Waals surface area contributed by atoms with Crippen molar-refractivity contribution in [3.8, 4) is 5.69 Å². The number of aromatic nitrogens is 3. The summed E-state index contributed by atoms with van der Waals surface area (Å²) in [7, 11) is 0. The minimum atomic E-state index is 0.0742. The van der Waals surface area contributed by atoms with Crippen LogP contribution in [0.1, 0.15) is 28.8 Å². The minimum absolute atomic E-state index is 0.0742. The summed E-state index contributed by atoms with van der Waals surface area (Å²) in [6, 6.07) is 10.1. The summed E-state index contributed by atoms with van der Waals surface area (Å²) in [6.45, 7) is 9.28. The second kappa shape index (κ2) is 9.11. The quantitative estimate of drug-likeness (QED) is 0.488. The fourth-order valence-electron chi connectivity index (χ4n) is 2.89. The standard InChI is InChI=1S/C20H23ClN4OS2/c1-5-24(11-16-8-9-18(21)28-16)19(26)12-27-20-23-22-15(4)25(20)17-10-13(2)6-7-14(17)3/h6-10H,5,11-12H2,1-4H3. The van der Waals surface area contributed by atoms with Crippen LogP contribution in [-0.2, 0) is 11.3 Å². The fraction of sp³-hybridized carbons (Fsp3) is 0.350. The molecule has 8 heteroatoms. The summed E-state index contributed by atoms with van der Waals surface area (Å²) in [4.78, 5) is 15.7. The van der Waals surface area contributed by atoms with Gasteiger partial charge in [0.15, 0.2) is 5.16 Å². The lowest BCUT2D eigenvalue weighted by molar-refractivity contribution is -0.128. The second-order valence-corrected chi connectivity index (χ2v) is 9.30. The molecule has 1 aromatic carbocycles. The molecule has 0 N–H and O–H groups in total. The predicted octanol–water partition coefficient (Wildman–Crippen LogP) is 5.05. The highest BCUT2D eigenvalue weighted by molar-refractivity contribution is 7.99. The first-order valence-corrected chi connectivity index (χ1v) is 11.2. The fourth-order valence-corrected chi connectivity index (χ4v) is 4.89. The van der Waals surface area contributed by atoms with Crippen molar-refractivity contribution in [1.82, 2.24) is 19.7 Å². The van der Waals surface area contributed by atoms with E-state index < -0.39 is 0 Å². The highest BCUT2D eigenvalue weighted by atomic mass is 35.5. The Balaban J connectivity index is 1.74. The lowest BCUT2D eigenvalue weighted by Crippen LogP contribution is -2.31. The number of aryl methyl sites for hydroxylation is 3. The van der Waals surface area contributed by atoms with E-state index in [4.69, 9.17) is 11.6 Å². The maximum atomic E-state index is 12.8. The number of amides is 1. The Morgan fingerprint density at radius 2 is 2.00 bits per heavy atom. The van der Waals surface area contributed by atoms with Gasteiger partial charge in [0, 0.05) is 11.4 Å². The summed E-state index contributed by atoms with van der Waals surface area (Å²) >= 11 is 8.93. The number of benzene rings is 1. The Kier molecular flexibility index (Phi) is 6.80. The van der Waals surface area contributed by atoms with Crippen LogP contribution in [-0.4, -0.2) is 37.9 Å². The Bertz CT molecular complexity index is 982. The monoisotopic (exact) mass is 434 g/mol. The molecule has 0 spiro atoms. The minimum Gasteiger partial charge on any atom is -0.337 e. The molecule has 0 aliphatic rings. The van der Waals surface area contributed by atoms with E-state index in [1.54, 1.807) is 0 Å². The van der Waals surface area contributed by atoms with Crippen molar-refractivity contribution in [3.63, 3.8) is 0 Å². The van der Waals surface area contributed by atoms with Crippen LogP contribution in [0.25, 0.3) is 5.69 Å². The number of thioether (sulfide) groups is 1. The molecule has 0 aliphatic heterocycles. The van der Waals surface area contributed by atoms with Gasteiger partial charge in [0.2, 0.25) is 5.91 Å². The number of hydrogen-bond acceptors (Lipinski definition) is 5. The SMILES string of the molecule is CCN(Cc1ccc(Cl)s1)C(=O)CSc1nnc(C)n1-c1cc(C)ccc1C. The molecule has 3 rings (SSSR count). The number of carbonyl (C=O) groups excluding carboxylic acids is 1. The van der Waals surface area contributed by atoms with Crippen molar-refractivity contribution in [3.05, 3.63) is 56.5 Å². The second-order valence-electron chi connectivity index (χ2n) is 6.56. The third kappa shape index (κ3) is 4.77. The number of hydrogen-bond donors (Lipinski definition) is 0. The molecule has 5 nitrogen and oxygen atoms in total. The molecule has 0 radical (unpaired) electrons. The lowest BCUT2D eigenvalue weighted by atomic mass is 10.1. The highest BCUT2D eigenvalue weighted by Crippen LogP contribution is 2.26. The molecule has 0 bridgehead atoms. The van der Waals surface area contributed by atoms with E-state index in [2.05, 4.69) is 42.2 Å². The van der Waals surface area contributed by atoms with Gasteiger partial charge in [-0.3, -0.25) is 9.36 Å². The van der Waals surface area contributed by atoms with Gasteiger partial charge in [-0.15, -0.1) is 21.5 Å². The molecule has 0 saturated heterocycles. The van der Waals surface area contributed by atoms with E-state index in [0.29, 0.717) is 18.8 Å². The zero-order valence-corrected chi connectivity index (χ0v) is 18.8. The summed E-state index contributed by atoms with van der Waals surface area (Å²) in [6.07, 6.45) is 0. The molecule has 0 atom stereocenters. The van der Waals surface area contributed by atoms with Crippen LogP contribution < -0.4 is 0 Å². The molecule has 2 aromatic heterocycles. The molecule has 3 aromatic rings. The van der Waals surface area contributed by atoms with Crippen LogP contribution >= 0.6 is 34.7 Å². The van der Waals surface area contributed by atoms with E-state index in [1.165, 1.54) is 28.7 Å². The van der Waals surface area contributed by atoms with E-state index in [9.17, 15) is 4.79 Å². The molecule has 28 heavy (non-hydrogen) atoms. The van der Waals surface area contributed by atoms with Crippen molar-refractivity contribution < 1.29 is 4.79 Å². The van der Waals surface area contributed by atoms with Crippen molar-refractivity contribution in [2.24, 2.45) is 0 Å². The topological polar surface area (TPSA) is 51.0 Å². The van der Waals surface area contributed by atoms with Gasteiger partial charge in [-0.05, 0) is 57.0 Å². The first-order valence-electron chi connectivity index (χ1n) is 9.03. The summed E-state index contributed by atoms with van der Waals surface area (Å²) in [5, 5.41) is 9.26. The Morgan fingerprint density at radius 1 is 1.21 bits per heavy atom. The molecular formula is C20H23ClN4OS2. The van der Waals surface area contributed by atoms with Crippen LogP contribution in [0.15, 0.2) is 35.5 Å². The number of rotatable bonds is 7. The maximum absolute atomic E-state index is 12.8. The Morgan fingerprint density at radius 3 is 2.68 bits per heavy atom. The summed E-state index contributed by atoms with van der Waals surface area (Å²) in [5.41, 5.74) is 3.37. The maximum Gasteiger partial charge on any atom is 0.233 e. The molecular weight excluding hydrogens is 412 g/mol. The van der Waals surface area contributed by atoms with E-state index in [0.717, 1.165) is 31.4 Å². The van der Waals surface area contributed by atoms with Crippen molar-refractivity contribution in [2.75, 3.05) is 12.3 Å². The Hall–Kier alpha value is -1.83. The summed E-state index contributed by atoms with van der Waals surface area (Å²) in [5.74, 6) is 1.20. The zero-order valence-electron chi connectivity index (χ0n) is 16.4. The van der Waals surface area contributed by atoms with Gasteiger partial charge in [-0.1, -0.05) is 35.5 Å². The van der Waals surface area contributed by atoms with Gasteiger partial charge < -0.3 is 4.90 Å². The van der Waals surface area contributed by atoms with Crippen LogP contribution in [0.4, 0.5) is 0 Å². The predicted molar refractivity (Wildman–Crippen MR) is 117 cm³/mol. The number of halogens is 1. The number of nitrogens with zero attached hydrogens (tertiary/aromatic N) is 4. The van der Waals surface area contributed by atoms with Gasteiger partial charge in [0.25, 0.3) is 0 Å². The van der Waals surface area contributed by atoms with Crippen LogP contribution in [0.2, 0.25) is 4.34 Å². The van der Waals surface area contributed by atoms with E-state index in [-0.39, 0.29) is 5.91 Å². The zero-order chi connectivity index (χ0) is 20.3. The first-order chi connectivity index (χ1) is 13.4. The average molecular weight is 435 g/mol. The molecule has 0 saturated carbocycles. The largest absolute Gasteiger partial charge is 0.337 e. The third-order valence-corrected chi connectivity index (χ3v) is 6.57. The molecule has 0 aliphatic carbocycles.